The van der Waals surface area contributed by atoms with Crippen LogP contribution in [0, 0.1) is 0 Å². The van der Waals surface area contributed by atoms with Gasteiger partial charge in [0.15, 0.2) is 0 Å². The quantitative estimate of drug-likeness (QED) is 0.575. The molecule has 0 aliphatic heterocycles. The molecule has 0 radical (unpaired) electrons. The van der Waals surface area contributed by atoms with Crippen molar-refractivity contribution in [1.29, 1.82) is 0 Å². The van der Waals surface area contributed by atoms with Crippen LogP contribution in [0.25, 0.3) is 21.9 Å². The molecular weight excluding hydrogens is 336 g/mol. The number of benzene rings is 2. The molecule has 0 spiro atoms. The van der Waals surface area contributed by atoms with Crippen molar-refractivity contribution in [3.8, 4) is 0 Å². The van der Waals surface area contributed by atoms with Gasteiger partial charge in [-0.2, -0.15) is 0 Å². The topological polar surface area (TPSA) is 63.0 Å². The number of nitrogens with zero attached hydrogens (tertiary/aromatic N) is 3. The maximum atomic E-state index is 9.14. The number of aliphatic hydroxyl groups excluding tert-OH is 1. The second-order valence-electron chi connectivity index (χ2n) is 5.76. The number of para-hydroxylation sites is 2. The first kappa shape index (κ1) is 15.9. The van der Waals surface area contributed by atoms with Gasteiger partial charge in [0.1, 0.15) is 0 Å². The number of rotatable bonds is 5. The second kappa shape index (κ2) is 6.70. The highest BCUT2D eigenvalue weighted by atomic mass is 35.5. The maximum absolute atomic E-state index is 9.14. The summed E-state index contributed by atoms with van der Waals surface area (Å²) in [6.45, 7) is 1.02. The first-order chi connectivity index (χ1) is 12.3. The molecule has 0 fully saturated rings. The Labute approximate surface area is 149 Å². The van der Waals surface area contributed by atoms with Gasteiger partial charge in [-0.25, -0.2) is 4.98 Å². The van der Waals surface area contributed by atoms with Gasteiger partial charge < -0.3 is 15.0 Å². The lowest BCUT2D eigenvalue weighted by molar-refractivity contribution is 0.310. The highest BCUT2D eigenvalue weighted by Gasteiger charge is 2.14. The molecule has 25 heavy (non-hydrogen) atoms. The highest BCUT2D eigenvalue weighted by molar-refractivity contribution is 6.32. The predicted molar refractivity (Wildman–Crippen MR) is 101 cm³/mol. The Kier molecular flexibility index (Phi) is 4.26. The molecule has 0 bridgehead atoms. The summed E-state index contributed by atoms with van der Waals surface area (Å²) >= 11 is 6.49. The van der Waals surface area contributed by atoms with E-state index in [0.717, 1.165) is 27.5 Å². The fraction of sp³-hybridized carbons (Fsp3) is 0.158. The summed E-state index contributed by atoms with van der Waals surface area (Å²) in [7, 11) is 0. The van der Waals surface area contributed by atoms with Crippen LogP contribution >= 0.6 is 11.6 Å². The van der Waals surface area contributed by atoms with E-state index in [1.54, 1.807) is 6.20 Å². The lowest BCUT2D eigenvalue weighted by Crippen LogP contribution is -2.12. The van der Waals surface area contributed by atoms with Crippen molar-refractivity contribution in [3.63, 3.8) is 0 Å². The van der Waals surface area contributed by atoms with E-state index in [4.69, 9.17) is 16.7 Å². The molecular formula is C19H17ClN4O. The molecule has 2 heterocycles. The van der Waals surface area contributed by atoms with Gasteiger partial charge in [0.25, 0.3) is 0 Å². The number of aromatic nitrogens is 3. The minimum absolute atomic E-state index is 0.0415. The van der Waals surface area contributed by atoms with Crippen LogP contribution in [0.5, 0.6) is 0 Å². The molecule has 4 rings (SSSR count). The van der Waals surface area contributed by atoms with Gasteiger partial charge in [0.2, 0.25) is 5.95 Å². The second-order valence-corrected chi connectivity index (χ2v) is 6.17. The normalized spacial score (nSPS) is 11.3. The zero-order chi connectivity index (χ0) is 17.2. The molecule has 2 aromatic heterocycles. The maximum Gasteiger partial charge on any atom is 0.204 e. The Morgan fingerprint density at radius 1 is 1.08 bits per heavy atom. The van der Waals surface area contributed by atoms with Gasteiger partial charge in [-0.15, -0.1) is 0 Å². The summed E-state index contributed by atoms with van der Waals surface area (Å²) in [4.78, 5) is 9.15. The Morgan fingerprint density at radius 3 is 2.84 bits per heavy atom. The average molecular weight is 353 g/mol. The zero-order valence-corrected chi connectivity index (χ0v) is 14.2. The molecule has 0 unspecified atom stereocenters. The van der Waals surface area contributed by atoms with Gasteiger partial charge in [0.05, 0.1) is 29.7 Å². The van der Waals surface area contributed by atoms with E-state index < -0.39 is 0 Å². The number of nitrogens with one attached hydrogen (secondary N) is 1. The van der Waals surface area contributed by atoms with E-state index in [0.29, 0.717) is 24.1 Å². The smallest absolute Gasteiger partial charge is 0.204 e. The molecule has 0 aliphatic carbocycles. The van der Waals surface area contributed by atoms with Crippen molar-refractivity contribution in [2.24, 2.45) is 0 Å². The number of hydrogen-bond donors (Lipinski definition) is 2. The molecule has 4 aromatic rings. The molecule has 6 heteroatoms. The van der Waals surface area contributed by atoms with Crippen LogP contribution in [0.1, 0.15) is 5.56 Å². The summed E-state index contributed by atoms with van der Waals surface area (Å²) in [6.07, 6.45) is 1.78. The molecule has 0 aliphatic rings. The van der Waals surface area contributed by atoms with Crippen LogP contribution < -0.4 is 5.32 Å². The number of halogens is 1. The molecule has 2 N–H and O–H groups in total. The highest BCUT2D eigenvalue weighted by Crippen LogP contribution is 2.28. The molecule has 0 amide bonds. The Hall–Kier alpha value is -2.63. The average Bonchev–Trinajstić information content (AvgIpc) is 3.00. The first-order valence-electron chi connectivity index (χ1n) is 8.10. The van der Waals surface area contributed by atoms with Crippen LogP contribution in [0.3, 0.4) is 0 Å². The largest absolute Gasteiger partial charge is 0.395 e. The van der Waals surface area contributed by atoms with Crippen molar-refractivity contribution in [1.82, 2.24) is 14.5 Å². The van der Waals surface area contributed by atoms with Crippen molar-refractivity contribution in [2.45, 2.75) is 6.54 Å². The Balaban J connectivity index is 1.87. The van der Waals surface area contributed by atoms with E-state index in [-0.39, 0.29) is 6.61 Å². The third-order valence-electron chi connectivity index (χ3n) is 4.19. The van der Waals surface area contributed by atoms with Crippen LogP contribution in [0.15, 0.2) is 54.7 Å². The van der Waals surface area contributed by atoms with Crippen LogP contribution in [0.2, 0.25) is 5.02 Å². The minimum atomic E-state index is 0.0415. The number of imidazole rings is 1. The minimum Gasteiger partial charge on any atom is -0.395 e. The summed E-state index contributed by atoms with van der Waals surface area (Å²) < 4.78 is 2.07. The third kappa shape index (κ3) is 2.92. The third-order valence-corrected chi connectivity index (χ3v) is 4.54. The fourth-order valence-corrected chi connectivity index (χ4v) is 3.24. The number of fused-ring (bicyclic) bond motifs is 2. The number of pyridine rings is 1. The lowest BCUT2D eigenvalue weighted by atomic mass is 10.1. The van der Waals surface area contributed by atoms with Crippen molar-refractivity contribution in [2.75, 3.05) is 18.5 Å². The number of anilines is 1. The Bertz CT molecular complexity index is 1040. The summed E-state index contributed by atoms with van der Waals surface area (Å²) in [5.74, 6) is 0.708. The van der Waals surface area contributed by atoms with Gasteiger partial charge in [-0.1, -0.05) is 35.9 Å². The summed E-state index contributed by atoms with van der Waals surface area (Å²) in [5.41, 5.74) is 3.75. The standard InChI is InChI=1S/C19H17ClN4O/c20-15-8-7-13-4-3-9-21-18(13)14(15)12-24-17-6-2-1-5-16(17)23-19(24)22-10-11-25/h1-9,25H,10-12H2,(H,22,23). The molecule has 126 valence electrons. The molecule has 2 aromatic carbocycles. The van der Waals surface area contributed by atoms with Gasteiger partial charge >= 0.3 is 0 Å². The van der Waals surface area contributed by atoms with Crippen LogP contribution in [0.4, 0.5) is 5.95 Å². The van der Waals surface area contributed by atoms with Crippen molar-refractivity contribution >= 4 is 39.5 Å². The van der Waals surface area contributed by atoms with E-state index in [9.17, 15) is 0 Å². The van der Waals surface area contributed by atoms with Gasteiger partial charge in [-0.05, 0) is 24.3 Å². The number of hydrogen-bond acceptors (Lipinski definition) is 4. The SMILES string of the molecule is OCCNc1nc2ccccc2n1Cc1c(Cl)ccc2cccnc12. The lowest BCUT2D eigenvalue weighted by Gasteiger charge is -2.13. The van der Waals surface area contributed by atoms with Crippen LogP contribution in [-0.2, 0) is 6.54 Å². The van der Waals surface area contributed by atoms with E-state index in [1.165, 1.54) is 0 Å². The molecule has 0 atom stereocenters. The first-order valence-corrected chi connectivity index (χ1v) is 8.48. The van der Waals surface area contributed by atoms with Gasteiger partial charge in [-0.3, -0.25) is 4.98 Å². The summed E-state index contributed by atoms with van der Waals surface area (Å²) in [5, 5.41) is 14.0. The monoisotopic (exact) mass is 352 g/mol. The zero-order valence-electron chi connectivity index (χ0n) is 13.5. The fourth-order valence-electron chi connectivity index (χ4n) is 3.03. The number of aliphatic hydroxyl groups is 1. The molecule has 0 saturated carbocycles. The predicted octanol–water partition coefficient (Wildman–Crippen LogP) is 3.69. The molecule has 5 nitrogen and oxygen atoms in total. The van der Waals surface area contributed by atoms with E-state index in [1.807, 2.05) is 48.5 Å². The van der Waals surface area contributed by atoms with Crippen LogP contribution in [-0.4, -0.2) is 32.8 Å². The van der Waals surface area contributed by atoms with Crippen molar-refractivity contribution in [3.05, 3.63) is 65.3 Å². The Morgan fingerprint density at radius 2 is 1.96 bits per heavy atom. The van der Waals surface area contributed by atoms with E-state index >= 15 is 0 Å². The van der Waals surface area contributed by atoms with E-state index in [2.05, 4.69) is 19.9 Å². The van der Waals surface area contributed by atoms with Crippen molar-refractivity contribution < 1.29 is 5.11 Å². The molecule has 0 saturated heterocycles. The summed E-state index contributed by atoms with van der Waals surface area (Å²) in [6, 6.07) is 15.8. The van der Waals surface area contributed by atoms with Gasteiger partial charge in [0, 0.05) is 28.7 Å².